The smallest absolute Gasteiger partial charge is 0.0558 e. The minimum atomic E-state index is 0.236. The van der Waals surface area contributed by atoms with Gasteiger partial charge in [-0.25, -0.2) is 0 Å². The summed E-state index contributed by atoms with van der Waals surface area (Å²) in [6, 6.07) is 0. The van der Waals surface area contributed by atoms with E-state index in [1.54, 1.807) is 0 Å². The van der Waals surface area contributed by atoms with Crippen molar-refractivity contribution in [2.45, 2.75) is 20.8 Å². The molecule has 0 heterocycles. The summed E-state index contributed by atoms with van der Waals surface area (Å²) < 4.78 is 0. The summed E-state index contributed by atoms with van der Waals surface area (Å²) in [5, 5.41) is 8.63. The van der Waals surface area contributed by atoms with Crippen molar-refractivity contribution in [2.75, 3.05) is 26.7 Å². The highest BCUT2D eigenvalue weighted by atomic mass is 16.3. The van der Waals surface area contributed by atoms with Gasteiger partial charge in [0.2, 0.25) is 0 Å². The van der Waals surface area contributed by atoms with Gasteiger partial charge in [0.05, 0.1) is 6.61 Å². The zero-order chi connectivity index (χ0) is 9.61. The van der Waals surface area contributed by atoms with Crippen LogP contribution in [0.2, 0.25) is 0 Å². The normalized spacial score (nSPS) is 13.2. The first-order valence-corrected chi connectivity index (χ1v) is 4.43. The fourth-order valence-electron chi connectivity index (χ4n) is 0.848. The lowest BCUT2D eigenvalue weighted by Crippen LogP contribution is -2.22. The molecule has 72 valence electrons. The molecular weight excluding hydrogens is 150 g/mol. The van der Waals surface area contributed by atoms with Crippen molar-refractivity contribution < 1.29 is 5.11 Å². The maximum absolute atomic E-state index is 8.63. The van der Waals surface area contributed by atoms with Crippen LogP contribution in [0.5, 0.6) is 0 Å². The Kier molecular flexibility index (Phi) is 5.18. The van der Waals surface area contributed by atoms with E-state index < -0.39 is 0 Å². The number of rotatable bonds is 4. The highest BCUT2D eigenvalue weighted by Gasteiger charge is 2.03. The second kappa shape index (κ2) is 5.33. The number of hydrogen-bond donors (Lipinski definition) is 1. The molecule has 2 heteroatoms. The molecule has 0 rings (SSSR count). The van der Waals surface area contributed by atoms with E-state index in [0.717, 1.165) is 13.1 Å². The summed E-state index contributed by atoms with van der Waals surface area (Å²) in [5.74, 6) is 0. The van der Waals surface area contributed by atoms with Crippen LogP contribution in [0.15, 0.2) is 12.2 Å². The number of allylic oxidation sites excluding steroid dienone is 1. The summed E-state index contributed by atoms with van der Waals surface area (Å²) >= 11 is 0. The van der Waals surface area contributed by atoms with Crippen molar-refractivity contribution in [3.05, 3.63) is 12.2 Å². The molecule has 12 heavy (non-hydrogen) atoms. The molecule has 0 aliphatic heterocycles. The van der Waals surface area contributed by atoms with Gasteiger partial charge in [-0.1, -0.05) is 32.9 Å². The highest BCUT2D eigenvalue weighted by Crippen LogP contribution is 2.13. The second-order valence-corrected chi connectivity index (χ2v) is 4.25. The Bertz CT molecular complexity index is 135. The van der Waals surface area contributed by atoms with Gasteiger partial charge >= 0.3 is 0 Å². The Morgan fingerprint density at radius 3 is 2.33 bits per heavy atom. The molecule has 0 spiro atoms. The summed E-state index contributed by atoms with van der Waals surface area (Å²) in [5.41, 5.74) is 0.264. The average Bonchev–Trinajstić information content (AvgIpc) is 1.84. The van der Waals surface area contributed by atoms with Crippen LogP contribution in [0.1, 0.15) is 20.8 Å². The molecule has 0 saturated carbocycles. The first kappa shape index (κ1) is 11.7. The lowest BCUT2D eigenvalue weighted by molar-refractivity contribution is 0.232. The molecule has 0 fully saturated rings. The minimum Gasteiger partial charge on any atom is -0.395 e. The molecule has 0 bridgehead atoms. The van der Waals surface area contributed by atoms with Crippen LogP contribution >= 0.6 is 0 Å². The van der Waals surface area contributed by atoms with Crippen LogP contribution in [0.3, 0.4) is 0 Å². The van der Waals surface area contributed by atoms with Crippen LogP contribution in [0, 0.1) is 5.41 Å². The number of aliphatic hydroxyl groups excluding tert-OH is 1. The highest BCUT2D eigenvalue weighted by molar-refractivity contribution is 4.93. The van der Waals surface area contributed by atoms with Gasteiger partial charge in [0.25, 0.3) is 0 Å². The first-order chi connectivity index (χ1) is 5.45. The van der Waals surface area contributed by atoms with E-state index in [-0.39, 0.29) is 12.0 Å². The zero-order valence-electron chi connectivity index (χ0n) is 8.67. The van der Waals surface area contributed by atoms with E-state index >= 15 is 0 Å². The fraction of sp³-hybridized carbons (Fsp3) is 0.800. The van der Waals surface area contributed by atoms with Gasteiger partial charge in [0.1, 0.15) is 0 Å². The summed E-state index contributed by atoms with van der Waals surface area (Å²) in [6.07, 6.45) is 4.34. The number of nitrogens with zero attached hydrogens (tertiary/aromatic N) is 1. The third kappa shape index (κ3) is 7.76. The lowest BCUT2D eigenvalue weighted by atomic mass is 9.96. The van der Waals surface area contributed by atoms with Crippen molar-refractivity contribution in [1.82, 2.24) is 4.90 Å². The lowest BCUT2D eigenvalue weighted by Gasteiger charge is -2.14. The molecule has 1 N–H and O–H groups in total. The van der Waals surface area contributed by atoms with Gasteiger partial charge in [0.15, 0.2) is 0 Å². The van der Waals surface area contributed by atoms with E-state index in [2.05, 4.69) is 37.8 Å². The van der Waals surface area contributed by atoms with E-state index in [1.807, 2.05) is 7.05 Å². The number of aliphatic hydroxyl groups is 1. The van der Waals surface area contributed by atoms with E-state index in [1.165, 1.54) is 0 Å². The molecule has 2 nitrogen and oxygen atoms in total. The summed E-state index contributed by atoms with van der Waals surface area (Å²) in [6.45, 7) is 8.42. The minimum absolute atomic E-state index is 0.236. The summed E-state index contributed by atoms with van der Waals surface area (Å²) in [4.78, 5) is 2.09. The Hall–Kier alpha value is -0.340. The van der Waals surface area contributed by atoms with E-state index in [0.29, 0.717) is 0 Å². The predicted octanol–water partition coefficient (Wildman–Crippen LogP) is 1.51. The molecule has 0 unspecified atom stereocenters. The van der Waals surface area contributed by atoms with Crippen molar-refractivity contribution in [1.29, 1.82) is 0 Å². The largest absolute Gasteiger partial charge is 0.395 e. The van der Waals surface area contributed by atoms with Gasteiger partial charge < -0.3 is 10.0 Å². The monoisotopic (exact) mass is 171 g/mol. The molecular formula is C10H21NO. The predicted molar refractivity (Wildman–Crippen MR) is 53.2 cm³/mol. The third-order valence-corrected chi connectivity index (χ3v) is 1.52. The van der Waals surface area contributed by atoms with Crippen LogP contribution < -0.4 is 0 Å². The average molecular weight is 171 g/mol. The van der Waals surface area contributed by atoms with Gasteiger partial charge in [-0.15, -0.1) is 0 Å². The maximum atomic E-state index is 8.63. The molecule has 0 atom stereocenters. The molecule has 0 aliphatic rings. The second-order valence-electron chi connectivity index (χ2n) is 4.25. The van der Waals surface area contributed by atoms with Gasteiger partial charge in [-0.05, 0) is 12.5 Å². The molecule has 0 aromatic heterocycles. The SMILES string of the molecule is CN(C/C=C/C(C)(C)C)CCO. The summed E-state index contributed by atoms with van der Waals surface area (Å²) in [7, 11) is 2.00. The number of likely N-dealkylation sites (N-methyl/N-ethyl adjacent to an activating group) is 1. The molecule has 0 radical (unpaired) electrons. The molecule has 0 aliphatic carbocycles. The number of hydrogen-bond acceptors (Lipinski definition) is 2. The molecule has 0 aromatic carbocycles. The van der Waals surface area contributed by atoms with Gasteiger partial charge in [-0.3, -0.25) is 0 Å². The quantitative estimate of drug-likeness (QED) is 0.648. The van der Waals surface area contributed by atoms with Crippen molar-refractivity contribution in [3.63, 3.8) is 0 Å². The van der Waals surface area contributed by atoms with Crippen molar-refractivity contribution >= 4 is 0 Å². The first-order valence-electron chi connectivity index (χ1n) is 4.43. The fourth-order valence-corrected chi connectivity index (χ4v) is 0.848. The van der Waals surface area contributed by atoms with Crippen molar-refractivity contribution in [2.24, 2.45) is 5.41 Å². The Morgan fingerprint density at radius 1 is 1.33 bits per heavy atom. The standard InChI is InChI=1S/C10H21NO/c1-10(2,3)6-5-7-11(4)8-9-12/h5-6,12H,7-9H2,1-4H3/b6-5+. The van der Waals surface area contributed by atoms with Crippen LogP contribution in [0.4, 0.5) is 0 Å². The van der Waals surface area contributed by atoms with Gasteiger partial charge in [-0.2, -0.15) is 0 Å². The van der Waals surface area contributed by atoms with Crippen LogP contribution in [-0.4, -0.2) is 36.8 Å². The topological polar surface area (TPSA) is 23.5 Å². The van der Waals surface area contributed by atoms with Crippen molar-refractivity contribution in [3.8, 4) is 0 Å². The molecule has 0 amide bonds. The molecule has 0 aromatic rings. The molecule has 0 saturated heterocycles. The van der Waals surface area contributed by atoms with Gasteiger partial charge in [0, 0.05) is 13.1 Å². The van der Waals surface area contributed by atoms with Crippen LogP contribution in [-0.2, 0) is 0 Å². The maximum Gasteiger partial charge on any atom is 0.0558 e. The van der Waals surface area contributed by atoms with Crippen LogP contribution in [0.25, 0.3) is 0 Å². The Labute approximate surface area is 75.9 Å². The Balaban J connectivity index is 3.60. The Morgan fingerprint density at radius 2 is 1.92 bits per heavy atom. The third-order valence-electron chi connectivity index (χ3n) is 1.52. The van der Waals surface area contributed by atoms with E-state index in [4.69, 9.17) is 5.11 Å². The van der Waals surface area contributed by atoms with E-state index in [9.17, 15) is 0 Å². The zero-order valence-corrected chi connectivity index (χ0v) is 8.67.